The number of hydrogen-bond donors (Lipinski definition) is 1. The second-order valence-corrected chi connectivity index (χ2v) is 10.4. The zero-order chi connectivity index (χ0) is 29.9. The lowest BCUT2D eigenvalue weighted by Gasteiger charge is -2.23. The molecule has 2 amide bonds. The highest BCUT2D eigenvalue weighted by molar-refractivity contribution is 6.35. The van der Waals surface area contributed by atoms with Gasteiger partial charge in [-0.15, -0.1) is 0 Å². The van der Waals surface area contributed by atoms with E-state index >= 15 is 0 Å². The molecule has 0 fully saturated rings. The lowest BCUT2D eigenvalue weighted by molar-refractivity contribution is -0.401. The van der Waals surface area contributed by atoms with Crippen LogP contribution in [0.2, 0.25) is 5.02 Å². The highest BCUT2D eigenvalue weighted by Gasteiger charge is 2.27. The zero-order valence-corrected chi connectivity index (χ0v) is 23.6. The number of hydrogen-bond acceptors (Lipinski definition) is 4. The van der Waals surface area contributed by atoms with Gasteiger partial charge in [0.25, 0.3) is 11.8 Å². The van der Waals surface area contributed by atoms with Gasteiger partial charge in [0.15, 0.2) is 0 Å². The number of para-hydroxylation sites is 1. The molecule has 0 radical (unpaired) electrons. The van der Waals surface area contributed by atoms with E-state index in [1.807, 2.05) is 83.4 Å². The summed E-state index contributed by atoms with van der Waals surface area (Å²) in [5.74, 6) is -0.597. The lowest BCUT2D eigenvalue weighted by Crippen LogP contribution is -2.31. The number of aromatic nitrogens is 1. The number of carbonyl (C=O) groups excluding carboxylic acids is 2. The van der Waals surface area contributed by atoms with Crippen molar-refractivity contribution in [3.63, 3.8) is 0 Å². The van der Waals surface area contributed by atoms with Crippen LogP contribution in [0.25, 0.3) is 17.2 Å². The van der Waals surface area contributed by atoms with Crippen molar-refractivity contribution < 1.29 is 14.5 Å². The Morgan fingerprint density at radius 2 is 1.58 bits per heavy atom. The van der Waals surface area contributed by atoms with Crippen LogP contribution >= 0.6 is 11.6 Å². The standard InChI is InChI=1S/C34H25ClN4O4/c35-31-20-25(36-33(40)29-12-6-5-11-28(29)23-8-2-1-3-9-23)14-17-30(31)34(41)38-22-27-16-15-26(18-19-39(42)43)37(27)21-24-10-4-7-13-32(24)38/h1-20H,21-22H2,(H,36,40). The number of rotatable bonds is 6. The molecule has 2 heterocycles. The fourth-order valence-corrected chi connectivity index (χ4v) is 5.57. The summed E-state index contributed by atoms with van der Waals surface area (Å²) >= 11 is 6.67. The van der Waals surface area contributed by atoms with Crippen molar-refractivity contribution in [1.82, 2.24) is 4.57 Å². The molecule has 1 N–H and O–H groups in total. The molecule has 0 saturated carbocycles. The lowest BCUT2D eigenvalue weighted by atomic mass is 9.99. The molecule has 0 atom stereocenters. The largest absolute Gasteiger partial charge is 0.339 e. The molecule has 5 aromatic rings. The molecule has 0 spiro atoms. The van der Waals surface area contributed by atoms with Crippen LogP contribution in [0.15, 0.2) is 115 Å². The van der Waals surface area contributed by atoms with E-state index in [1.165, 1.54) is 6.08 Å². The van der Waals surface area contributed by atoms with E-state index in [0.29, 0.717) is 23.5 Å². The Balaban J connectivity index is 1.27. The van der Waals surface area contributed by atoms with Crippen LogP contribution in [0, 0.1) is 10.1 Å². The zero-order valence-electron chi connectivity index (χ0n) is 22.8. The van der Waals surface area contributed by atoms with Crippen LogP contribution in [-0.4, -0.2) is 21.3 Å². The van der Waals surface area contributed by atoms with Crippen LogP contribution < -0.4 is 10.2 Å². The van der Waals surface area contributed by atoms with E-state index in [2.05, 4.69) is 5.32 Å². The minimum Gasteiger partial charge on any atom is -0.339 e. The number of nitrogens with one attached hydrogen (secondary N) is 1. The topological polar surface area (TPSA) is 97.5 Å². The van der Waals surface area contributed by atoms with Gasteiger partial charge in [-0.3, -0.25) is 19.7 Å². The van der Waals surface area contributed by atoms with Crippen molar-refractivity contribution in [2.24, 2.45) is 0 Å². The van der Waals surface area contributed by atoms with Gasteiger partial charge in [-0.25, -0.2) is 0 Å². The SMILES string of the molecule is O=C(Nc1ccc(C(=O)N2Cc3ccc(C=C[N+](=O)[O-])n3Cc3ccccc32)c(Cl)c1)c1ccccc1-c1ccccc1. The summed E-state index contributed by atoms with van der Waals surface area (Å²) in [4.78, 5) is 39.3. The van der Waals surface area contributed by atoms with Crippen LogP contribution in [0.4, 0.5) is 11.4 Å². The molecule has 0 aliphatic carbocycles. The Kier molecular flexibility index (Phi) is 7.59. The molecule has 1 aromatic heterocycles. The summed E-state index contributed by atoms with van der Waals surface area (Å²) in [5, 5.41) is 14.0. The Bertz CT molecular complexity index is 1900. The smallest absolute Gasteiger partial charge is 0.260 e. The van der Waals surface area contributed by atoms with Crippen LogP contribution in [-0.2, 0) is 13.1 Å². The van der Waals surface area contributed by atoms with Gasteiger partial charge in [0.05, 0.1) is 22.1 Å². The Labute approximate surface area is 252 Å². The maximum atomic E-state index is 14.0. The third-order valence-corrected chi connectivity index (χ3v) is 7.67. The van der Waals surface area contributed by atoms with Gasteiger partial charge >= 0.3 is 0 Å². The molecule has 43 heavy (non-hydrogen) atoms. The highest BCUT2D eigenvalue weighted by Crippen LogP contribution is 2.33. The molecular formula is C34H25ClN4O4. The minimum atomic E-state index is -0.503. The Morgan fingerprint density at radius 3 is 2.37 bits per heavy atom. The number of nitrogens with zero attached hydrogens (tertiary/aromatic N) is 3. The molecule has 0 unspecified atom stereocenters. The third kappa shape index (κ3) is 5.68. The molecule has 6 rings (SSSR count). The molecule has 1 aliphatic heterocycles. The van der Waals surface area contributed by atoms with Gasteiger partial charge in [0.2, 0.25) is 6.20 Å². The van der Waals surface area contributed by atoms with Crippen LogP contribution in [0.1, 0.15) is 37.7 Å². The number of nitro groups is 1. The monoisotopic (exact) mass is 588 g/mol. The maximum absolute atomic E-state index is 14.0. The fourth-order valence-electron chi connectivity index (χ4n) is 5.31. The van der Waals surface area contributed by atoms with Crippen LogP contribution in [0.5, 0.6) is 0 Å². The molecule has 0 bridgehead atoms. The Hall–Kier alpha value is -5.47. The summed E-state index contributed by atoms with van der Waals surface area (Å²) < 4.78 is 1.96. The predicted octanol–water partition coefficient (Wildman–Crippen LogP) is 7.52. The van der Waals surface area contributed by atoms with Crippen molar-refractivity contribution >= 4 is 40.9 Å². The third-order valence-electron chi connectivity index (χ3n) is 7.36. The second-order valence-electron chi connectivity index (χ2n) is 10.0. The first kappa shape index (κ1) is 27.7. The number of halogens is 1. The van der Waals surface area contributed by atoms with Gasteiger partial charge in [-0.05, 0) is 59.2 Å². The molecule has 212 valence electrons. The van der Waals surface area contributed by atoms with E-state index in [1.54, 1.807) is 35.2 Å². The normalized spacial score (nSPS) is 12.3. The van der Waals surface area contributed by atoms with E-state index < -0.39 is 4.92 Å². The average Bonchev–Trinajstić information content (AvgIpc) is 3.31. The van der Waals surface area contributed by atoms with E-state index in [0.717, 1.165) is 34.3 Å². The van der Waals surface area contributed by atoms with Gasteiger partial charge in [-0.2, -0.15) is 0 Å². The second kappa shape index (κ2) is 11.8. The number of amides is 2. The average molecular weight is 589 g/mol. The van der Waals surface area contributed by atoms with Crippen molar-refractivity contribution in [3.05, 3.63) is 159 Å². The molecular weight excluding hydrogens is 564 g/mol. The van der Waals surface area contributed by atoms with Gasteiger partial charge < -0.3 is 14.8 Å². The summed E-state index contributed by atoms with van der Waals surface area (Å²) in [6.07, 6.45) is 2.36. The van der Waals surface area contributed by atoms with Crippen molar-refractivity contribution in [3.8, 4) is 11.1 Å². The van der Waals surface area contributed by atoms with Crippen molar-refractivity contribution in [2.75, 3.05) is 10.2 Å². The van der Waals surface area contributed by atoms with Gasteiger partial charge in [0, 0.05) is 40.9 Å². The Morgan fingerprint density at radius 1 is 0.837 bits per heavy atom. The number of fused-ring (bicyclic) bond motifs is 2. The minimum absolute atomic E-state index is 0.200. The first-order valence-electron chi connectivity index (χ1n) is 13.5. The van der Waals surface area contributed by atoms with E-state index in [-0.39, 0.29) is 28.9 Å². The number of benzene rings is 4. The quantitative estimate of drug-likeness (QED) is 0.164. The molecule has 8 nitrogen and oxygen atoms in total. The number of carbonyl (C=O) groups is 2. The van der Waals surface area contributed by atoms with Gasteiger partial charge in [-0.1, -0.05) is 78.3 Å². The van der Waals surface area contributed by atoms with Crippen molar-refractivity contribution in [2.45, 2.75) is 13.1 Å². The summed E-state index contributed by atoms with van der Waals surface area (Å²) in [6.45, 7) is 0.691. The fraction of sp³-hybridized carbons (Fsp3) is 0.0588. The van der Waals surface area contributed by atoms with E-state index in [4.69, 9.17) is 11.6 Å². The summed E-state index contributed by atoms with van der Waals surface area (Å²) in [6, 6.07) is 33.1. The van der Waals surface area contributed by atoms with Crippen molar-refractivity contribution in [1.29, 1.82) is 0 Å². The van der Waals surface area contributed by atoms with Gasteiger partial charge in [0.1, 0.15) is 0 Å². The molecule has 1 aliphatic rings. The first-order valence-corrected chi connectivity index (χ1v) is 13.9. The summed E-state index contributed by atoms with van der Waals surface area (Å²) in [5.41, 5.74) is 6.10. The van der Waals surface area contributed by atoms with Crippen LogP contribution in [0.3, 0.4) is 0 Å². The highest BCUT2D eigenvalue weighted by atomic mass is 35.5. The number of anilines is 2. The predicted molar refractivity (Wildman–Crippen MR) is 168 cm³/mol. The van der Waals surface area contributed by atoms with E-state index in [9.17, 15) is 19.7 Å². The first-order chi connectivity index (χ1) is 20.9. The molecule has 4 aromatic carbocycles. The maximum Gasteiger partial charge on any atom is 0.260 e. The summed E-state index contributed by atoms with van der Waals surface area (Å²) in [7, 11) is 0. The molecule has 0 saturated heterocycles. The molecule has 9 heteroatoms.